The van der Waals surface area contributed by atoms with E-state index in [2.05, 4.69) is 5.32 Å². The van der Waals surface area contributed by atoms with Gasteiger partial charge in [0.2, 0.25) is 0 Å². The minimum absolute atomic E-state index is 0.160. The molecule has 0 saturated carbocycles. The molecule has 30 heavy (non-hydrogen) atoms. The number of anilines is 1. The number of aryl methyl sites for hydroxylation is 2. The number of hydrogen-bond donors (Lipinski definition) is 1. The maximum Gasteiger partial charge on any atom is 0.262 e. The fourth-order valence-corrected chi connectivity index (χ4v) is 3.13. The first-order valence-corrected chi connectivity index (χ1v) is 9.63. The Kier molecular flexibility index (Phi) is 5.35. The zero-order chi connectivity index (χ0) is 21.1. The summed E-state index contributed by atoms with van der Waals surface area (Å²) in [6.45, 7) is 3.76. The van der Waals surface area contributed by atoms with Crippen molar-refractivity contribution in [2.45, 2.75) is 13.8 Å². The number of carbonyl (C=O) groups excluding carboxylic acids is 1. The van der Waals surface area contributed by atoms with Crippen molar-refractivity contribution in [1.29, 1.82) is 0 Å². The average molecular weight is 399 g/mol. The molecule has 0 saturated heterocycles. The van der Waals surface area contributed by atoms with Crippen molar-refractivity contribution in [1.82, 2.24) is 0 Å². The summed E-state index contributed by atoms with van der Waals surface area (Å²) in [7, 11) is 0. The fraction of sp³-hybridized carbons (Fsp3) is 0.120. The van der Waals surface area contributed by atoms with E-state index in [1.807, 2.05) is 62.4 Å². The van der Waals surface area contributed by atoms with Gasteiger partial charge in [0, 0.05) is 17.3 Å². The van der Waals surface area contributed by atoms with Gasteiger partial charge in [-0.05, 0) is 43.7 Å². The summed E-state index contributed by atoms with van der Waals surface area (Å²) in [6, 6.07) is 21.7. The van der Waals surface area contributed by atoms with Crippen molar-refractivity contribution in [3.05, 3.63) is 94.1 Å². The zero-order valence-electron chi connectivity index (χ0n) is 16.8. The topological polar surface area (TPSA) is 68.5 Å². The first-order valence-electron chi connectivity index (χ1n) is 9.63. The Labute approximate surface area is 173 Å². The van der Waals surface area contributed by atoms with Crippen LogP contribution in [0.5, 0.6) is 5.75 Å². The molecule has 0 unspecified atom stereocenters. The quantitative estimate of drug-likeness (QED) is 0.507. The molecule has 3 aromatic carbocycles. The largest absolute Gasteiger partial charge is 0.484 e. The summed E-state index contributed by atoms with van der Waals surface area (Å²) in [6.07, 6.45) is 0. The molecule has 1 N–H and O–H groups in total. The number of ether oxygens (including phenoxy) is 1. The summed E-state index contributed by atoms with van der Waals surface area (Å²) in [5.41, 5.74) is 3.99. The summed E-state index contributed by atoms with van der Waals surface area (Å²) in [5, 5.41) is 3.22. The van der Waals surface area contributed by atoms with Crippen LogP contribution in [0, 0.1) is 13.8 Å². The highest BCUT2D eigenvalue weighted by Crippen LogP contribution is 2.25. The van der Waals surface area contributed by atoms with E-state index in [0.717, 1.165) is 22.4 Å². The maximum absolute atomic E-state index is 12.6. The van der Waals surface area contributed by atoms with Crippen molar-refractivity contribution in [2.75, 3.05) is 11.9 Å². The van der Waals surface area contributed by atoms with E-state index in [0.29, 0.717) is 22.5 Å². The normalized spacial score (nSPS) is 10.7. The standard InChI is InChI=1S/C25H21NO4/c1-16-7-9-18(10-8-16)24-14-22(27)20-13-19(11-12-23(20)30-24)29-15-25(28)26-21-6-4-3-5-17(21)2/h3-14H,15H2,1-2H3,(H,26,28). The monoisotopic (exact) mass is 399 g/mol. The van der Waals surface area contributed by atoms with Gasteiger partial charge in [-0.2, -0.15) is 0 Å². The molecule has 1 amide bonds. The molecule has 4 rings (SSSR count). The number of hydrogen-bond acceptors (Lipinski definition) is 4. The van der Waals surface area contributed by atoms with E-state index < -0.39 is 0 Å². The summed E-state index contributed by atoms with van der Waals surface area (Å²) in [5.74, 6) is 0.669. The van der Waals surface area contributed by atoms with E-state index in [-0.39, 0.29) is 17.9 Å². The number of benzene rings is 3. The third-order valence-corrected chi connectivity index (χ3v) is 4.82. The highest BCUT2D eigenvalue weighted by atomic mass is 16.5. The lowest BCUT2D eigenvalue weighted by molar-refractivity contribution is -0.118. The third-order valence-electron chi connectivity index (χ3n) is 4.82. The second kappa shape index (κ2) is 8.25. The van der Waals surface area contributed by atoms with Gasteiger partial charge in [-0.25, -0.2) is 0 Å². The first kappa shape index (κ1) is 19.5. The molecule has 1 aromatic heterocycles. The first-order chi connectivity index (χ1) is 14.5. The lowest BCUT2D eigenvalue weighted by Crippen LogP contribution is -2.20. The predicted octanol–water partition coefficient (Wildman–Crippen LogP) is 5.09. The van der Waals surface area contributed by atoms with Gasteiger partial charge in [0.1, 0.15) is 17.1 Å². The van der Waals surface area contributed by atoms with Gasteiger partial charge in [0.05, 0.1) is 5.39 Å². The Balaban J connectivity index is 1.51. The second-order valence-corrected chi connectivity index (χ2v) is 7.15. The van der Waals surface area contributed by atoms with Gasteiger partial charge in [-0.15, -0.1) is 0 Å². The number of amides is 1. The highest BCUT2D eigenvalue weighted by molar-refractivity contribution is 5.92. The van der Waals surface area contributed by atoms with Crippen LogP contribution in [0.1, 0.15) is 11.1 Å². The van der Waals surface area contributed by atoms with Gasteiger partial charge >= 0.3 is 0 Å². The Morgan fingerprint density at radius 2 is 1.73 bits per heavy atom. The van der Waals surface area contributed by atoms with Crippen LogP contribution < -0.4 is 15.5 Å². The lowest BCUT2D eigenvalue weighted by atomic mass is 10.1. The predicted molar refractivity (Wildman–Crippen MR) is 118 cm³/mol. The molecule has 4 aromatic rings. The van der Waals surface area contributed by atoms with Crippen LogP contribution in [0.15, 0.2) is 82.0 Å². The van der Waals surface area contributed by atoms with Gasteiger partial charge in [0.15, 0.2) is 12.0 Å². The Hall–Kier alpha value is -3.86. The molecule has 5 heteroatoms. The van der Waals surface area contributed by atoms with Crippen LogP contribution in [0.4, 0.5) is 5.69 Å². The van der Waals surface area contributed by atoms with E-state index >= 15 is 0 Å². The van der Waals surface area contributed by atoms with Crippen LogP contribution in [0.3, 0.4) is 0 Å². The zero-order valence-corrected chi connectivity index (χ0v) is 16.8. The van der Waals surface area contributed by atoms with E-state index in [1.165, 1.54) is 6.07 Å². The van der Waals surface area contributed by atoms with E-state index in [1.54, 1.807) is 18.2 Å². The Morgan fingerprint density at radius 3 is 2.50 bits per heavy atom. The number of nitrogens with one attached hydrogen (secondary N) is 1. The van der Waals surface area contributed by atoms with Crippen LogP contribution in [0.25, 0.3) is 22.3 Å². The molecule has 0 radical (unpaired) electrons. The molecular weight excluding hydrogens is 378 g/mol. The van der Waals surface area contributed by atoms with Gasteiger partial charge in [-0.1, -0.05) is 48.0 Å². The Bertz CT molecular complexity index is 1270. The minimum atomic E-state index is -0.272. The number of fused-ring (bicyclic) bond motifs is 1. The SMILES string of the molecule is Cc1ccc(-c2cc(=O)c3cc(OCC(=O)Nc4ccccc4C)ccc3o2)cc1. The molecule has 0 aliphatic rings. The molecule has 0 bridgehead atoms. The second-order valence-electron chi connectivity index (χ2n) is 7.15. The fourth-order valence-electron chi connectivity index (χ4n) is 3.13. The third kappa shape index (κ3) is 4.25. The number of para-hydroxylation sites is 1. The van der Waals surface area contributed by atoms with Crippen LogP contribution in [0.2, 0.25) is 0 Å². The van der Waals surface area contributed by atoms with Crippen LogP contribution in [-0.2, 0) is 4.79 Å². The summed E-state index contributed by atoms with van der Waals surface area (Å²) < 4.78 is 11.5. The molecule has 0 atom stereocenters. The van der Waals surface area contributed by atoms with Crippen molar-refractivity contribution in [3.8, 4) is 17.1 Å². The average Bonchev–Trinajstić information content (AvgIpc) is 2.74. The van der Waals surface area contributed by atoms with E-state index in [9.17, 15) is 9.59 Å². The molecule has 1 heterocycles. The molecule has 0 aliphatic heterocycles. The van der Waals surface area contributed by atoms with Crippen molar-refractivity contribution in [2.24, 2.45) is 0 Å². The molecular formula is C25H21NO4. The van der Waals surface area contributed by atoms with Crippen molar-refractivity contribution >= 4 is 22.6 Å². The summed E-state index contributed by atoms with van der Waals surface area (Å²) in [4.78, 5) is 24.8. The van der Waals surface area contributed by atoms with Gasteiger partial charge < -0.3 is 14.5 Å². The number of rotatable bonds is 5. The minimum Gasteiger partial charge on any atom is -0.484 e. The van der Waals surface area contributed by atoms with Crippen molar-refractivity contribution in [3.63, 3.8) is 0 Å². The molecule has 0 fully saturated rings. The highest BCUT2D eigenvalue weighted by Gasteiger charge is 2.10. The van der Waals surface area contributed by atoms with Crippen molar-refractivity contribution < 1.29 is 13.9 Å². The number of carbonyl (C=O) groups is 1. The Morgan fingerprint density at radius 1 is 0.967 bits per heavy atom. The lowest BCUT2D eigenvalue weighted by Gasteiger charge is -2.10. The summed E-state index contributed by atoms with van der Waals surface area (Å²) >= 11 is 0. The van der Waals surface area contributed by atoms with Gasteiger partial charge in [0.25, 0.3) is 5.91 Å². The van der Waals surface area contributed by atoms with E-state index in [4.69, 9.17) is 9.15 Å². The molecule has 0 aliphatic carbocycles. The van der Waals surface area contributed by atoms with Gasteiger partial charge in [-0.3, -0.25) is 9.59 Å². The van der Waals surface area contributed by atoms with Crippen LogP contribution in [-0.4, -0.2) is 12.5 Å². The van der Waals surface area contributed by atoms with Crippen LogP contribution >= 0.6 is 0 Å². The maximum atomic E-state index is 12.6. The molecule has 150 valence electrons. The smallest absolute Gasteiger partial charge is 0.262 e. The molecule has 5 nitrogen and oxygen atoms in total. The molecule has 0 spiro atoms.